The minimum absolute atomic E-state index is 0.148. The highest BCUT2D eigenvalue weighted by Crippen LogP contribution is 2.25. The third-order valence-corrected chi connectivity index (χ3v) is 5.89. The number of methoxy groups -OCH3 is 1. The summed E-state index contributed by atoms with van der Waals surface area (Å²) >= 11 is 6.03. The van der Waals surface area contributed by atoms with Gasteiger partial charge in [0.25, 0.3) is 0 Å². The summed E-state index contributed by atoms with van der Waals surface area (Å²) in [5, 5.41) is 0.347. The van der Waals surface area contributed by atoms with Gasteiger partial charge in [0.2, 0.25) is 5.78 Å². The van der Waals surface area contributed by atoms with Crippen LogP contribution in [0.4, 0.5) is 0 Å². The lowest BCUT2D eigenvalue weighted by molar-refractivity contribution is 0.103. The molecule has 1 heterocycles. The number of carbonyl (C=O) groups is 1. The third kappa shape index (κ3) is 4.35. The highest BCUT2D eigenvalue weighted by atomic mass is 35.5. The fourth-order valence-electron chi connectivity index (χ4n) is 2.59. The van der Waals surface area contributed by atoms with Gasteiger partial charge < -0.3 is 4.74 Å². The summed E-state index contributed by atoms with van der Waals surface area (Å²) in [4.78, 5) is 17.0. The van der Waals surface area contributed by atoms with E-state index in [1.54, 1.807) is 42.5 Å². The Morgan fingerprint density at radius 2 is 1.81 bits per heavy atom. The third-order valence-electron chi connectivity index (χ3n) is 3.98. The molecule has 0 saturated heterocycles. The van der Waals surface area contributed by atoms with Gasteiger partial charge in [-0.15, -0.1) is 0 Å². The van der Waals surface area contributed by atoms with Crippen LogP contribution in [0.2, 0.25) is 5.02 Å². The first-order valence-electron chi connectivity index (χ1n) is 8.02. The van der Waals surface area contributed by atoms with Gasteiger partial charge in [-0.25, -0.2) is 8.42 Å². The Labute approximate surface area is 162 Å². The van der Waals surface area contributed by atoms with E-state index in [0.29, 0.717) is 16.3 Å². The van der Waals surface area contributed by atoms with Crippen molar-refractivity contribution in [3.05, 3.63) is 88.7 Å². The fraction of sp³-hybridized carbons (Fsp3) is 0.100. The monoisotopic (exact) mass is 401 g/mol. The van der Waals surface area contributed by atoms with Gasteiger partial charge in [0.05, 0.1) is 17.8 Å². The molecule has 5 nitrogen and oxygen atoms in total. The normalized spacial score (nSPS) is 11.2. The van der Waals surface area contributed by atoms with Gasteiger partial charge in [0.1, 0.15) is 11.4 Å². The number of nitrogens with zero attached hydrogens (tertiary/aromatic N) is 1. The predicted molar refractivity (Wildman–Crippen MR) is 103 cm³/mol. The van der Waals surface area contributed by atoms with Crippen molar-refractivity contribution in [2.75, 3.05) is 7.11 Å². The number of ketones is 1. The number of benzene rings is 2. The van der Waals surface area contributed by atoms with Crippen LogP contribution in [0.25, 0.3) is 0 Å². The van der Waals surface area contributed by atoms with Crippen LogP contribution in [0.1, 0.15) is 21.6 Å². The average molecular weight is 402 g/mol. The molecule has 138 valence electrons. The van der Waals surface area contributed by atoms with E-state index in [2.05, 4.69) is 4.98 Å². The molecule has 0 amide bonds. The molecule has 0 aliphatic carbocycles. The molecule has 0 aliphatic heterocycles. The van der Waals surface area contributed by atoms with Gasteiger partial charge in [-0.05, 0) is 54.1 Å². The number of sulfone groups is 1. The standard InChI is InChI=1S/C20H16ClNO4S/c1-26-16-7-9-17(10-8-16)27(24,25)13-14-5-6-15(21)12-18(14)20(23)19-4-2-3-11-22-19/h2-12H,13H2,1H3. The highest BCUT2D eigenvalue weighted by molar-refractivity contribution is 7.90. The van der Waals surface area contributed by atoms with E-state index in [1.165, 1.54) is 31.5 Å². The van der Waals surface area contributed by atoms with Crippen LogP contribution >= 0.6 is 11.6 Å². The molecule has 0 saturated carbocycles. The first kappa shape index (κ1) is 19.1. The number of pyridine rings is 1. The molecule has 0 fully saturated rings. The van der Waals surface area contributed by atoms with Crippen molar-refractivity contribution in [1.82, 2.24) is 4.98 Å². The molecule has 1 aromatic heterocycles. The van der Waals surface area contributed by atoms with Crippen molar-refractivity contribution in [2.24, 2.45) is 0 Å². The molecule has 0 unspecified atom stereocenters. The lowest BCUT2D eigenvalue weighted by Gasteiger charge is -2.11. The van der Waals surface area contributed by atoms with Gasteiger partial charge in [-0.1, -0.05) is 23.7 Å². The molecule has 3 rings (SSSR count). The van der Waals surface area contributed by atoms with Crippen molar-refractivity contribution in [1.29, 1.82) is 0 Å². The molecule has 0 radical (unpaired) electrons. The second kappa shape index (κ2) is 7.90. The van der Waals surface area contributed by atoms with Gasteiger partial charge in [0, 0.05) is 16.8 Å². The lowest BCUT2D eigenvalue weighted by atomic mass is 10.0. The zero-order chi connectivity index (χ0) is 19.4. The second-order valence-corrected chi connectivity index (χ2v) is 8.21. The Morgan fingerprint density at radius 1 is 1.07 bits per heavy atom. The van der Waals surface area contributed by atoms with E-state index in [-0.39, 0.29) is 27.7 Å². The van der Waals surface area contributed by atoms with Crippen LogP contribution in [0.15, 0.2) is 71.8 Å². The molecular formula is C20H16ClNO4S. The summed E-state index contributed by atoms with van der Waals surface area (Å²) < 4.78 is 30.6. The quantitative estimate of drug-likeness (QED) is 0.585. The first-order valence-corrected chi connectivity index (χ1v) is 10.0. The maximum absolute atomic E-state index is 12.8. The van der Waals surface area contributed by atoms with Crippen LogP contribution in [-0.2, 0) is 15.6 Å². The Balaban J connectivity index is 1.98. The van der Waals surface area contributed by atoms with E-state index in [1.807, 2.05) is 0 Å². The summed E-state index contributed by atoms with van der Waals surface area (Å²) in [6.07, 6.45) is 1.51. The number of rotatable bonds is 6. The highest BCUT2D eigenvalue weighted by Gasteiger charge is 2.21. The van der Waals surface area contributed by atoms with E-state index in [4.69, 9.17) is 16.3 Å². The minimum atomic E-state index is -3.66. The van der Waals surface area contributed by atoms with E-state index < -0.39 is 9.84 Å². The number of halogens is 1. The number of hydrogen-bond donors (Lipinski definition) is 0. The molecule has 0 aliphatic rings. The fourth-order valence-corrected chi connectivity index (χ4v) is 4.14. The molecule has 0 atom stereocenters. The molecule has 27 heavy (non-hydrogen) atoms. The molecule has 0 spiro atoms. The number of carbonyl (C=O) groups excluding carboxylic acids is 1. The van der Waals surface area contributed by atoms with Crippen LogP contribution < -0.4 is 4.74 Å². The van der Waals surface area contributed by atoms with Gasteiger partial charge in [-0.2, -0.15) is 0 Å². The summed E-state index contributed by atoms with van der Waals surface area (Å²) in [7, 11) is -2.15. The smallest absolute Gasteiger partial charge is 0.211 e. The zero-order valence-corrected chi connectivity index (χ0v) is 16.0. The lowest BCUT2D eigenvalue weighted by Crippen LogP contribution is -2.12. The van der Waals surface area contributed by atoms with Gasteiger partial charge >= 0.3 is 0 Å². The van der Waals surface area contributed by atoms with E-state index in [0.717, 1.165) is 0 Å². The Bertz CT molecular complexity index is 1060. The number of ether oxygens (including phenoxy) is 1. The summed E-state index contributed by atoms with van der Waals surface area (Å²) in [5.41, 5.74) is 0.812. The van der Waals surface area contributed by atoms with Crippen LogP contribution in [-0.4, -0.2) is 26.3 Å². The molecule has 0 bridgehead atoms. The maximum Gasteiger partial charge on any atom is 0.211 e. The van der Waals surface area contributed by atoms with Crippen molar-refractivity contribution in [3.63, 3.8) is 0 Å². The molecule has 3 aromatic rings. The average Bonchev–Trinajstić information content (AvgIpc) is 2.69. The first-order chi connectivity index (χ1) is 12.9. The van der Waals surface area contributed by atoms with Crippen molar-refractivity contribution in [2.45, 2.75) is 10.6 Å². The van der Waals surface area contributed by atoms with Crippen molar-refractivity contribution >= 4 is 27.2 Å². The van der Waals surface area contributed by atoms with Crippen LogP contribution in [0, 0.1) is 0 Å². The van der Waals surface area contributed by atoms with E-state index >= 15 is 0 Å². The number of aromatic nitrogens is 1. The van der Waals surface area contributed by atoms with Crippen molar-refractivity contribution in [3.8, 4) is 5.75 Å². The summed E-state index contributed by atoms with van der Waals surface area (Å²) in [5.74, 6) is -0.144. The topological polar surface area (TPSA) is 73.3 Å². The second-order valence-electron chi connectivity index (χ2n) is 5.78. The summed E-state index contributed by atoms with van der Waals surface area (Å²) in [6, 6.07) is 15.7. The van der Waals surface area contributed by atoms with Crippen LogP contribution in [0.5, 0.6) is 5.75 Å². The Morgan fingerprint density at radius 3 is 2.44 bits per heavy atom. The van der Waals surface area contributed by atoms with Gasteiger partial charge in [0.15, 0.2) is 9.84 Å². The maximum atomic E-state index is 12.8. The minimum Gasteiger partial charge on any atom is -0.497 e. The number of hydrogen-bond acceptors (Lipinski definition) is 5. The summed E-state index contributed by atoms with van der Waals surface area (Å²) in [6.45, 7) is 0. The van der Waals surface area contributed by atoms with Crippen LogP contribution in [0.3, 0.4) is 0 Å². The Kier molecular flexibility index (Phi) is 5.58. The largest absolute Gasteiger partial charge is 0.497 e. The van der Waals surface area contributed by atoms with Gasteiger partial charge in [-0.3, -0.25) is 9.78 Å². The molecule has 0 N–H and O–H groups in total. The molecule has 7 heteroatoms. The Hall–Kier alpha value is -2.70. The molecular weight excluding hydrogens is 386 g/mol. The SMILES string of the molecule is COc1ccc(S(=O)(=O)Cc2ccc(Cl)cc2C(=O)c2ccccn2)cc1. The van der Waals surface area contributed by atoms with E-state index in [9.17, 15) is 13.2 Å². The van der Waals surface area contributed by atoms with Crippen molar-refractivity contribution < 1.29 is 17.9 Å². The predicted octanol–water partition coefficient (Wildman–Crippen LogP) is 3.95. The zero-order valence-electron chi connectivity index (χ0n) is 14.4. The molecule has 2 aromatic carbocycles.